The summed E-state index contributed by atoms with van der Waals surface area (Å²) in [7, 11) is 0. The molecule has 1 aliphatic carbocycles. The van der Waals surface area contributed by atoms with Crippen LogP contribution >= 0.6 is 0 Å². The molecule has 0 fully saturated rings. The molecule has 0 saturated carbocycles. The first kappa shape index (κ1) is 9.61. The summed E-state index contributed by atoms with van der Waals surface area (Å²) < 4.78 is 0. The molecule has 0 amide bonds. The summed E-state index contributed by atoms with van der Waals surface area (Å²) in [6.45, 7) is 3.50. The first-order chi connectivity index (χ1) is 6.20. The van der Waals surface area contributed by atoms with Crippen molar-refractivity contribution in [3.8, 4) is 0 Å². The second-order valence-electron chi connectivity index (χ2n) is 2.83. The van der Waals surface area contributed by atoms with Crippen LogP contribution in [0.4, 0.5) is 0 Å². The zero-order chi connectivity index (χ0) is 9.84. The second-order valence-corrected chi connectivity index (χ2v) is 2.83. The van der Waals surface area contributed by atoms with Gasteiger partial charge in [-0.2, -0.15) is 0 Å². The van der Waals surface area contributed by atoms with Gasteiger partial charge in [-0.1, -0.05) is 18.2 Å². The predicted molar refractivity (Wildman–Crippen MR) is 50.0 cm³/mol. The third kappa shape index (κ3) is 1.81. The molecule has 68 valence electrons. The van der Waals surface area contributed by atoms with E-state index in [0.29, 0.717) is 6.29 Å². The van der Waals surface area contributed by atoms with Gasteiger partial charge in [0.2, 0.25) is 0 Å². The van der Waals surface area contributed by atoms with Crippen molar-refractivity contribution in [2.45, 2.75) is 6.04 Å². The molecular weight excluding hydrogens is 166 g/mol. The molecule has 0 saturated heterocycles. The molecule has 2 unspecified atom stereocenters. The van der Waals surface area contributed by atoms with E-state index < -0.39 is 12.0 Å². The van der Waals surface area contributed by atoms with Crippen LogP contribution in [-0.4, -0.2) is 18.1 Å². The first-order valence-corrected chi connectivity index (χ1v) is 3.96. The smallest absolute Gasteiger partial charge is 0.174 e. The SMILES string of the molecule is C=CC(N)C1C=CC=C(C=O)C1=O. The fourth-order valence-electron chi connectivity index (χ4n) is 1.19. The Balaban J connectivity index is 2.89. The van der Waals surface area contributed by atoms with E-state index in [1.54, 1.807) is 12.2 Å². The number of hydrogen-bond donors (Lipinski definition) is 1. The van der Waals surface area contributed by atoms with Gasteiger partial charge in [-0.3, -0.25) is 9.59 Å². The standard InChI is InChI=1S/C10H11NO2/c1-2-9(11)8-5-3-4-7(6-12)10(8)13/h2-6,8-9H,1,11H2. The maximum Gasteiger partial charge on any atom is 0.174 e. The van der Waals surface area contributed by atoms with Crippen LogP contribution in [0, 0.1) is 5.92 Å². The zero-order valence-electron chi connectivity index (χ0n) is 7.14. The Morgan fingerprint density at radius 2 is 2.31 bits per heavy atom. The highest BCUT2D eigenvalue weighted by molar-refractivity contribution is 6.14. The van der Waals surface area contributed by atoms with Gasteiger partial charge in [-0.15, -0.1) is 6.58 Å². The highest BCUT2D eigenvalue weighted by atomic mass is 16.1. The minimum Gasteiger partial charge on any atom is -0.324 e. The number of carbonyl (C=O) groups is 2. The normalized spacial score (nSPS) is 23.6. The summed E-state index contributed by atoms with van der Waals surface area (Å²) in [5.74, 6) is -0.674. The molecule has 0 spiro atoms. The Labute approximate surface area is 76.6 Å². The maximum absolute atomic E-state index is 11.5. The Hall–Kier alpha value is -1.48. The van der Waals surface area contributed by atoms with E-state index in [-0.39, 0.29) is 11.4 Å². The lowest BCUT2D eigenvalue weighted by atomic mass is 9.88. The number of allylic oxidation sites excluding steroid dienone is 3. The molecule has 1 aliphatic rings. The third-order valence-corrected chi connectivity index (χ3v) is 2.00. The van der Waals surface area contributed by atoms with Gasteiger partial charge < -0.3 is 5.73 Å². The highest BCUT2D eigenvalue weighted by Crippen LogP contribution is 2.16. The minimum atomic E-state index is -0.442. The molecule has 0 radical (unpaired) electrons. The molecule has 1 rings (SSSR count). The number of aldehydes is 1. The molecule has 0 heterocycles. The van der Waals surface area contributed by atoms with E-state index in [4.69, 9.17) is 5.73 Å². The van der Waals surface area contributed by atoms with Crippen molar-refractivity contribution in [3.05, 3.63) is 36.5 Å². The van der Waals surface area contributed by atoms with Gasteiger partial charge in [0.25, 0.3) is 0 Å². The molecule has 2 N–H and O–H groups in total. The van der Waals surface area contributed by atoms with Gasteiger partial charge in [0.05, 0.1) is 11.5 Å². The lowest BCUT2D eigenvalue weighted by Crippen LogP contribution is -2.34. The number of hydrogen-bond acceptors (Lipinski definition) is 3. The first-order valence-electron chi connectivity index (χ1n) is 3.96. The van der Waals surface area contributed by atoms with Crippen molar-refractivity contribution < 1.29 is 9.59 Å². The zero-order valence-corrected chi connectivity index (χ0v) is 7.14. The van der Waals surface area contributed by atoms with E-state index >= 15 is 0 Å². The Morgan fingerprint density at radius 3 is 2.85 bits per heavy atom. The largest absolute Gasteiger partial charge is 0.324 e. The van der Waals surface area contributed by atoms with Crippen LogP contribution in [0.5, 0.6) is 0 Å². The van der Waals surface area contributed by atoms with Crippen molar-refractivity contribution in [3.63, 3.8) is 0 Å². The third-order valence-electron chi connectivity index (χ3n) is 2.00. The average Bonchev–Trinajstić information content (AvgIpc) is 2.17. The molecular formula is C10H11NO2. The maximum atomic E-state index is 11.5. The molecule has 0 aliphatic heterocycles. The number of nitrogens with two attached hydrogens (primary N) is 1. The van der Waals surface area contributed by atoms with Crippen LogP contribution in [0.3, 0.4) is 0 Å². The average molecular weight is 177 g/mol. The van der Waals surface area contributed by atoms with E-state index in [1.165, 1.54) is 12.2 Å². The van der Waals surface area contributed by atoms with Crippen molar-refractivity contribution in [2.24, 2.45) is 11.7 Å². The lowest BCUT2D eigenvalue weighted by molar-refractivity contribution is -0.119. The van der Waals surface area contributed by atoms with Crippen molar-refractivity contribution in [1.82, 2.24) is 0 Å². The summed E-state index contributed by atoms with van der Waals surface area (Å²) in [4.78, 5) is 21.9. The van der Waals surface area contributed by atoms with Crippen LogP contribution in [0.1, 0.15) is 0 Å². The van der Waals surface area contributed by atoms with Crippen LogP contribution in [-0.2, 0) is 9.59 Å². The summed E-state index contributed by atoms with van der Waals surface area (Å²) in [5, 5.41) is 0. The fraction of sp³-hybridized carbons (Fsp3) is 0.200. The van der Waals surface area contributed by atoms with Crippen LogP contribution < -0.4 is 5.73 Å². The van der Waals surface area contributed by atoms with Gasteiger partial charge in [0, 0.05) is 6.04 Å². The Morgan fingerprint density at radius 1 is 1.62 bits per heavy atom. The van der Waals surface area contributed by atoms with Crippen molar-refractivity contribution in [2.75, 3.05) is 0 Å². The van der Waals surface area contributed by atoms with Crippen molar-refractivity contribution in [1.29, 1.82) is 0 Å². The molecule has 0 bridgehead atoms. The van der Waals surface area contributed by atoms with E-state index in [2.05, 4.69) is 6.58 Å². The van der Waals surface area contributed by atoms with Crippen LogP contribution in [0.2, 0.25) is 0 Å². The predicted octanol–water partition coefficient (Wildman–Crippen LogP) is 0.380. The minimum absolute atomic E-state index is 0.171. The van der Waals surface area contributed by atoms with E-state index in [0.717, 1.165) is 0 Å². The summed E-state index contributed by atoms with van der Waals surface area (Å²) in [5.41, 5.74) is 5.79. The molecule has 13 heavy (non-hydrogen) atoms. The summed E-state index contributed by atoms with van der Waals surface area (Å²) in [6.07, 6.45) is 6.89. The van der Waals surface area contributed by atoms with E-state index in [1.807, 2.05) is 0 Å². The molecule has 3 heteroatoms. The Kier molecular flexibility index (Phi) is 2.93. The number of Topliss-reactive ketones (excluding diaryl/α,β-unsaturated/α-hetero) is 1. The second kappa shape index (κ2) is 3.96. The van der Waals surface area contributed by atoms with Gasteiger partial charge in [-0.05, 0) is 6.08 Å². The van der Waals surface area contributed by atoms with Gasteiger partial charge in [0.1, 0.15) is 0 Å². The molecule has 3 nitrogen and oxygen atoms in total. The lowest BCUT2D eigenvalue weighted by Gasteiger charge is -2.18. The Bertz CT molecular complexity index is 302. The monoisotopic (exact) mass is 177 g/mol. The topological polar surface area (TPSA) is 60.2 Å². The number of rotatable bonds is 3. The summed E-state index contributed by atoms with van der Waals surface area (Å²) in [6, 6.07) is -0.424. The van der Waals surface area contributed by atoms with E-state index in [9.17, 15) is 9.59 Å². The molecule has 0 aromatic heterocycles. The fourth-order valence-corrected chi connectivity index (χ4v) is 1.19. The molecule has 0 aromatic carbocycles. The number of ketones is 1. The molecule has 0 aromatic rings. The quantitative estimate of drug-likeness (QED) is 0.385. The highest BCUT2D eigenvalue weighted by Gasteiger charge is 2.25. The molecule has 2 atom stereocenters. The van der Waals surface area contributed by atoms with Gasteiger partial charge >= 0.3 is 0 Å². The van der Waals surface area contributed by atoms with Crippen LogP contribution in [0.15, 0.2) is 36.5 Å². The number of carbonyl (C=O) groups excluding carboxylic acids is 2. The van der Waals surface area contributed by atoms with Gasteiger partial charge in [0.15, 0.2) is 12.1 Å². The van der Waals surface area contributed by atoms with Crippen LogP contribution in [0.25, 0.3) is 0 Å². The van der Waals surface area contributed by atoms with Crippen molar-refractivity contribution >= 4 is 12.1 Å². The summed E-state index contributed by atoms with van der Waals surface area (Å²) >= 11 is 0. The van der Waals surface area contributed by atoms with Gasteiger partial charge in [-0.25, -0.2) is 0 Å².